The predicted molar refractivity (Wildman–Crippen MR) is 90.2 cm³/mol. The Balaban J connectivity index is 1.49. The molecular weight excluding hydrogens is 308 g/mol. The van der Waals surface area contributed by atoms with Crippen molar-refractivity contribution in [2.45, 2.75) is 31.2 Å². The van der Waals surface area contributed by atoms with Crippen LogP contribution in [0.4, 0.5) is 0 Å². The van der Waals surface area contributed by atoms with E-state index in [1.165, 1.54) is 5.56 Å². The van der Waals surface area contributed by atoms with Gasteiger partial charge in [-0.05, 0) is 55.0 Å². The molecular formula is C19H19ClN2O. The summed E-state index contributed by atoms with van der Waals surface area (Å²) in [6, 6.07) is 14.0. The first kappa shape index (κ1) is 14.7. The summed E-state index contributed by atoms with van der Waals surface area (Å²) in [5.41, 5.74) is 2.20. The van der Waals surface area contributed by atoms with E-state index in [2.05, 4.69) is 11.1 Å². The largest absolute Gasteiger partial charge is 0.334 e. The number of benzene rings is 1. The monoisotopic (exact) mass is 326 g/mol. The molecule has 4 heteroatoms. The van der Waals surface area contributed by atoms with Crippen molar-refractivity contribution in [1.82, 2.24) is 9.88 Å². The van der Waals surface area contributed by atoms with Gasteiger partial charge in [0.25, 0.3) is 0 Å². The average Bonchev–Trinajstić information content (AvgIpc) is 3.23. The number of pyridine rings is 1. The number of rotatable bonds is 3. The predicted octanol–water partition coefficient (Wildman–Crippen LogP) is 4.20. The normalized spacial score (nSPS) is 26.3. The van der Waals surface area contributed by atoms with Gasteiger partial charge in [0.05, 0.1) is 11.7 Å². The van der Waals surface area contributed by atoms with E-state index in [1.807, 2.05) is 47.5 Å². The lowest BCUT2D eigenvalue weighted by atomic mass is 10.1. The minimum atomic E-state index is 0.109. The first-order valence-corrected chi connectivity index (χ1v) is 8.59. The lowest BCUT2D eigenvalue weighted by Gasteiger charge is -2.24. The zero-order valence-corrected chi connectivity index (χ0v) is 13.6. The van der Waals surface area contributed by atoms with Crippen molar-refractivity contribution in [3.63, 3.8) is 0 Å². The Kier molecular flexibility index (Phi) is 3.82. The van der Waals surface area contributed by atoms with E-state index in [9.17, 15) is 4.79 Å². The molecule has 1 amide bonds. The average molecular weight is 327 g/mol. The molecule has 0 unspecified atom stereocenters. The van der Waals surface area contributed by atoms with Crippen molar-refractivity contribution in [3.05, 3.63) is 64.9 Å². The summed E-state index contributed by atoms with van der Waals surface area (Å²) in [6.07, 6.45) is 4.81. The second-order valence-corrected chi connectivity index (χ2v) is 6.88. The molecule has 2 heterocycles. The fourth-order valence-corrected chi connectivity index (χ4v) is 3.90. The van der Waals surface area contributed by atoms with Crippen LogP contribution in [0.3, 0.4) is 0 Å². The number of likely N-dealkylation sites (tertiary alicyclic amines) is 1. The van der Waals surface area contributed by atoms with Crippen molar-refractivity contribution in [3.8, 4) is 0 Å². The number of amides is 1. The number of nitrogens with zero attached hydrogens (tertiary/aromatic N) is 2. The van der Waals surface area contributed by atoms with Crippen LogP contribution in [0.2, 0.25) is 5.02 Å². The summed E-state index contributed by atoms with van der Waals surface area (Å²) >= 11 is 6.07. The molecule has 1 aliphatic heterocycles. The van der Waals surface area contributed by atoms with Crippen molar-refractivity contribution in [2.24, 2.45) is 5.92 Å². The number of carbonyl (C=O) groups excluding carboxylic acids is 1. The van der Waals surface area contributed by atoms with Crippen molar-refractivity contribution >= 4 is 17.5 Å². The smallest absolute Gasteiger partial charge is 0.226 e. The fraction of sp³-hybridized carbons (Fsp3) is 0.368. The Labute approximate surface area is 141 Å². The van der Waals surface area contributed by atoms with Gasteiger partial charge in [0.15, 0.2) is 0 Å². The Morgan fingerprint density at radius 2 is 2.13 bits per heavy atom. The molecule has 118 valence electrons. The summed E-state index contributed by atoms with van der Waals surface area (Å²) < 4.78 is 0. The SMILES string of the molecule is O=C([C@@H]1C[C@H]1c1cccc(Cl)c1)N1CCC[C@@H]1c1ccccn1. The van der Waals surface area contributed by atoms with Crippen LogP contribution >= 0.6 is 11.6 Å². The standard InChI is InChI=1S/C19H19ClN2O/c20-14-6-3-5-13(11-14)15-12-16(15)19(23)22-10-4-8-18(22)17-7-1-2-9-21-17/h1-3,5-7,9,11,15-16,18H,4,8,10,12H2/t15-,16+,18+/m0/s1. The number of aromatic nitrogens is 1. The molecule has 1 saturated carbocycles. The lowest BCUT2D eigenvalue weighted by molar-refractivity contribution is -0.133. The maximum absolute atomic E-state index is 12.9. The second kappa shape index (κ2) is 5.97. The Morgan fingerprint density at radius 1 is 1.22 bits per heavy atom. The van der Waals surface area contributed by atoms with Crippen LogP contribution in [-0.4, -0.2) is 22.3 Å². The molecule has 1 saturated heterocycles. The molecule has 1 aliphatic carbocycles. The highest BCUT2D eigenvalue weighted by atomic mass is 35.5. The highest BCUT2D eigenvalue weighted by molar-refractivity contribution is 6.30. The van der Waals surface area contributed by atoms with Gasteiger partial charge in [-0.15, -0.1) is 0 Å². The van der Waals surface area contributed by atoms with E-state index in [1.54, 1.807) is 0 Å². The number of hydrogen-bond donors (Lipinski definition) is 0. The van der Waals surface area contributed by atoms with Gasteiger partial charge in [-0.25, -0.2) is 0 Å². The maximum atomic E-state index is 12.9. The quantitative estimate of drug-likeness (QED) is 0.846. The second-order valence-electron chi connectivity index (χ2n) is 6.45. The van der Waals surface area contributed by atoms with E-state index in [0.29, 0.717) is 5.92 Å². The summed E-state index contributed by atoms with van der Waals surface area (Å²) in [5.74, 6) is 0.715. The molecule has 23 heavy (non-hydrogen) atoms. The van der Waals surface area contributed by atoms with Crippen LogP contribution in [-0.2, 0) is 4.79 Å². The van der Waals surface area contributed by atoms with Crippen molar-refractivity contribution < 1.29 is 4.79 Å². The van der Waals surface area contributed by atoms with E-state index < -0.39 is 0 Å². The highest BCUT2D eigenvalue weighted by Crippen LogP contribution is 2.50. The summed E-state index contributed by atoms with van der Waals surface area (Å²) in [7, 11) is 0. The Morgan fingerprint density at radius 3 is 2.91 bits per heavy atom. The molecule has 3 nitrogen and oxygen atoms in total. The van der Waals surface area contributed by atoms with Crippen molar-refractivity contribution in [2.75, 3.05) is 6.54 Å². The van der Waals surface area contributed by atoms with Crippen LogP contribution in [0.5, 0.6) is 0 Å². The van der Waals surface area contributed by atoms with Gasteiger partial charge in [-0.1, -0.05) is 29.8 Å². The Hall–Kier alpha value is -1.87. The minimum absolute atomic E-state index is 0.109. The zero-order chi connectivity index (χ0) is 15.8. The third-order valence-corrected chi connectivity index (χ3v) is 5.18. The van der Waals surface area contributed by atoms with Gasteiger partial charge in [0.2, 0.25) is 5.91 Å². The van der Waals surface area contributed by atoms with Crippen LogP contribution < -0.4 is 0 Å². The molecule has 2 aromatic rings. The van der Waals surface area contributed by atoms with Gasteiger partial charge in [0.1, 0.15) is 0 Å². The minimum Gasteiger partial charge on any atom is -0.334 e. The molecule has 0 radical (unpaired) electrons. The third kappa shape index (κ3) is 2.86. The van der Waals surface area contributed by atoms with Gasteiger partial charge >= 0.3 is 0 Å². The topological polar surface area (TPSA) is 33.2 Å². The zero-order valence-electron chi connectivity index (χ0n) is 12.9. The molecule has 1 aromatic heterocycles. The molecule has 0 bridgehead atoms. The molecule has 1 aromatic carbocycles. The van der Waals surface area contributed by atoms with Crippen molar-refractivity contribution in [1.29, 1.82) is 0 Å². The van der Waals surface area contributed by atoms with Crippen LogP contribution in [0.1, 0.15) is 42.5 Å². The van der Waals surface area contributed by atoms with E-state index in [0.717, 1.165) is 36.5 Å². The summed E-state index contributed by atoms with van der Waals surface area (Å²) in [6.45, 7) is 0.846. The van der Waals surface area contributed by atoms with Gasteiger partial charge in [0, 0.05) is 23.7 Å². The molecule has 4 rings (SSSR count). The van der Waals surface area contributed by atoms with E-state index in [4.69, 9.17) is 11.6 Å². The summed E-state index contributed by atoms with van der Waals surface area (Å²) in [5, 5.41) is 0.744. The Bertz CT molecular complexity index is 718. The third-order valence-electron chi connectivity index (χ3n) is 4.95. The van der Waals surface area contributed by atoms with Crippen LogP contribution in [0.15, 0.2) is 48.7 Å². The van der Waals surface area contributed by atoms with E-state index in [-0.39, 0.29) is 17.9 Å². The molecule has 2 aliphatic rings. The molecule has 0 N–H and O–H groups in total. The number of carbonyl (C=O) groups is 1. The first-order valence-electron chi connectivity index (χ1n) is 8.21. The lowest BCUT2D eigenvalue weighted by Crippen LogP contribution is -2.32. The van der Waals surface area contributed by atoms with E-state index >= 15 is 0 Å². The number of hydrogen-bond acceptors (Lipinski definition) is 2. The maximum Gasteiger partial charge on any atom is 0.226 e. The highest BCUT2D eigenvalue weighted by Gasteiger charge is 2.47. The van der Waals surface area contributed by atoms with Gasteiger partial charge in [-0.2, -0.15) is 0 Å². The molecule has 2 fully saturated rings. The van der Waals surface area contributed by atoms with Crippen LogP contribution in [0, 0.1) is 5.92 Å². The van der Waals surface area contributed by atoms with Crippen LogP contribution in [0.25, 0.3) is 0 Å². The summed E-state index contributed by atoms with van der Waals surface area (Å²) in [4.78, 5) is 19.4. The van der Waals surface area contributed by atoms with Gasteiger partial charge in [-0.3, -0.25) is 9.78 Å². The fourth-order valence-electron chi connectivity index (χ4n) is 3.70. The number of halogens is 1. The molecule has 3 atom stereocenters. The first-order chi connectivity index (χ1) is 11.2. The van der Waals surface area contributed by atoms with Gasteiger partial charge < -0.3 is 4.90 Å². The molecule has 0 spiro atoms.